The van der Waals surface area contributed by atoms with Crippen LogP contribution >= 0.6 is 127 Å². The van der Waals surface area contributed by atoms with Crippen LogP contribution in [0.1, 0.15) is 25.0 Å². The molecule has 0 bridgehead atoms. The van der Waals surface area contributed by atoms with E-state index >= 15 is 0 Å². The molecule has 2 atom stereocenters. The monoisotopic (exact) mass is 1150 g/mol. The van der Waals surface area contributed by atoms with Crippen LogP contribution in [0, 0.1) is 0 Å². The molecule has 2 unspecified atom stereocenters. The van der Waals surface area contributed by atoms with Gasteiger partial charge in [-0.2, -0.15) is 0 Å². The van der Waals surface area contributed by atoms with Gasteiger partial charge in [-0.1, -0.05) is 109 Å². The molecular weight excluding hydrogens is 1130 g/mol. The molecule has 4 aromatic rings. The Labute approximate surface area is 341 Å². The van der Waals surface area contributed by atoms with Gasteiger partial charge in [-0.15, -0.1) is 0 Å². The van der Waals surface area contributed by atoms with Crippen molar-refractivity contribution in [2.45, 2.75) is 31.5 Å². The normalized spacial score (nSPS) is 12.9. The van der Waals surface area contributed by atoms with Crippen molar-refractivity contribution in [2.75, 3.05) is 26.4 Å². The Hall–Kier alpha value is -0.160. The summed E-state index contributed by atoms with van der Waals surface area (Å²) in [6.07, 6.45) is -1.68. The van der Waals surface area contributed by atoms with E-state index < -0.39 is 17.6 Å². The predicted molar refractivity (Wildman–Crippen MR) is 213 cm³/mol. The number of aliphatic hydroxyl groups is 2. The van der Waals surface area contributed by atoms with Crippen LogP contribution in [0.3, 0.4) is 0 Å². The van der Waals surface area contributed by atoms with E-state index in [9.17, 15) is 10.2 Å². The molecule has 0 saturated heterocycles. The Bertz CT molecular complexity index is 1550. The maximum absolute atomic E-state index is 10.5. The Morgan fingerprint density at radius 2 is 0.809 bits per heavy atom. The third-order valence-corrected chi connectivity index (χ3v) is 11.5. The minimum atomic E-state index is -0.839. The van der Waals surface area contributed by atoms with Crippen molar-refractivity contribution in [2.24, 2.45) is 0 Å². The van der Waals surface area contributed by atoms with E-state index in [1.165, 1.54) is 0 Å². The zero-order valence-corrected chi connectivity index (χ0v) is 37.5. The molecule has 0 aliphatic carbocycles. The average Bonchev–Trinajstić information content (AvgIpc) is 2.97. The number of aliphatic hydroxyl groups excluding tert-OH is 2. The fourth-order valence-electron chi connectivity index (χ4n) is 4.62. The van der Waals surface area contributed by atoms with Crippen molar-refractivity contribution in [3.8, 4) is 23.0 Å². The zero-order chi connectivity index (χ0) is 34.5. The standard InChI is InChI=1S/C33H28Br8O6/c1-33(2,31-25(38)9-21(10-26(31)39)44-13-19(42)15-46-29-5-3-17(34)7-23(29)36)32-27(40)11-22(12-28(32)41)45-14-20(43)16-47-30-6-4-18(35)8-24(30)37/h3-12,19-20,42-43H,13-16H2,1-2H3. The molecule has 0 spiro atoms. The van der Waals surface area contributed by atoms with Gasteiger partial charge in [0.1, 0.15) is 61.6 Å². The van der Waals surface area contributed by atoms with Crippen LogP contribution in [-0.2, 0) is 5.41 Å². The highest BCUT2D eigenvalue weighted by atomic mass is 79.9. The van der Waals surface area contributed by atoms with E-state index in [4.69, 9.17) is 18.9 Å². The molecule has 0 aliphatic rings. The van der Waals surface area contributed by atoms with E-state index in [0.717, 1.165) is 46.9 Å². The van der Waals surface area contributed by atoms with Crippen LogP contribution < -0.4 is 18.9 Å². The van der Waals surface area contributed by atoms with Gasteiger partial charge in [-0.25, -0.2) is 0 Å². The highest BCUT2D eigenvalue weighted by molar-refractivity contribution is 9.12. The number of ether oxygens (including phenoxy) is 4. The van der Waals surface area contributed by atoms with Gasteiger partial charge in [-0.3, -0.25) is 0 Å². The second kappa shape index (κ2) is 17.9. The summed E-state index contributed by atoms with van der Waals surface area (Å²) in [7, 11) is 0. The van der Waals surface area contributed by atoms with Crippen molar-refractivity contribution in [3.63, 3.8) is 0 Å². The molecule has 252 valence electrons. The largest absolute Gasteiger partial charge is 0.491 e. The molecule has 0 aliphatic heterocycles. The lowest BCUT2D eigenvalue weighted by Crippen LogP contribution is -2.26. The molecule has 0 fully saturated rings. The number of halogens is 8. The molecule has 4 rings (SSSR count). The van der Waals surface area contributed by atoms with E-state index in [1.807, 2.05) is 60.7 Å². The predicted octanol–water partition coefficient (Wildman–Crippen LogP) is 11.7. The first-order valence-electron chi connectivity index (χ1n) is 13.9. The molecule has 2 N–H and O–H groups in total. The van der Waals surface area contributed by atoms with Crippen molar-refractivity contribution in [1.82, 2.24) is 0 Å². The van der Waals surface area contributed by atoms with E-state index in [1.54, 1.807) is 0 Å². The summed E-state index contributed by atoms with van der Waals surface area (Å²) in [5, 5.41) is 21.0. The van der Waals surface area contributed by atoms with Gasteiger partial charge >= 0.3 is 0 Å². The van der Waals surface area contributed by atoms with E-state index in [2.05, 4.69) is 141 Å². The molecule has 0 radical (unpaired) electrons. The van der Waals surface area contributed by atoms with Crippen molar-refractivity contribution in [1.29, 1.82) is 0 Å². The van der Waals surface area contributed by atoms with E-state index in [-0.39, 0.29) is 26.4 Å². The highest BCUT2D eigenvalue weighted by Gasteiger charge is 2.33. The van der Waals surface area contributed by atoms with Gasteiger partial charge < -0.3 is 29.2 Å². The first kappa shape index (κ1) is 39.6. The van der Waals surface area contributed by atoms with Crippen LogP contribution in [0.5, 0.6) is 23.0 Å². The summed E-state index contributed by atoms with van der Waals surface area (Å²) in [6.45, 7) is 4.49. The Morgan fingerprint density at radius 1 is 0.489 bits per heavy atom. The number of hydrogen-bond donors (Lipinski definition) is 2. The first-order chi connectivity index (χ1) is 22.1. The first-order valence-corrected chi connectivity index (χ1v) is 20.3. The molecule has 0 amide bonds. The van der Waals surface area contributed by atoms with Crippen LogP contribution in [0.2, 0.25) is 0 Å². The molecular formula is C33H28Br8O6. The molecule has 0 heterocycles. The number of benzene rings is 4. The summed E-state index contributed by atoms with van der Waals surface area (Å²) in [5.74, 6) is 2.44. The summed E-state index contributed by atoms with van der Waals surface area (Å²) in [6, 6.07) is 18.7. The van der Waals surface area contributed by atoms with Crippen LogP contribution in [0.25, 0.3) is 0 Å². The lowest BCUT2D eigenvalue weighted by atomic mass is 9.78. The SMILES string of the molecule is CC(C)(c1c(Br)cc(OCC(O)COc2ccc(Br)cc2Br)cc1Br)c1c(Br)cc(OCC(O)COc2ccc(Br)cc2Br)cc1Br. The minimum Gasteiger partial charge on any atom is -0.491 e. The molecule has 4 aromatic carbocycles. The average molecular weight is 1160 g/mol. The third kappa shape index (κ3) is 10.9. The molecule has 0 aromatic heterocycles. The smallest absolute Gasteiger partial charge is 0.133 e. The third-order valence-electron chi connectivity index (χ3n) is 6.82. The zero-order valence-electron chi connectivity index (χ0n) is 24.8. The number of hydrogen-bond acceptors (Lipinski definition) is 6. The van der Waals surface area contributed by atoms with Crippen LogP contribution in [0.15, 0.2) is 96.4 Å². The highest BCUT2D eigenvalue weighted by Crippen LogP contribution is 2.48. The minimum absolute atomic E-state index is 0.0525. The van der Waals surface area contributed by atoms with Crippen molar-refractivity contribution in [3.05, 3.63) is 108 Å². The van der Waals surface area contributed by atoms with E-state index in [0.29, 0.717) is 23.0 Å². The maximum Gasteiger partial charge on any atom is 0.133 e. The summed E-state index contributed by atoms with van der Waals surface area (Å²) >= 11 is 28.8. The van der Waals surface area contributed by atoms with Crippen molar-refractivity contribution < 1.29 is 29.2 Å². The lowest BCUT2D eigenvalue weighted by molar-refractivity contribution is 0.0623. The summed E-state index contributed by atoms with van der Waals surface area (Å²) in [5.41, 5.74) is 1.49. The quantitative estimate of drug-likeness (QED) is 0.131. The van der Waals surface area contributed by atoms with Crippen molar-refractivity contribution >= 4 is 127 Å². The summed E-state index contributed by atoms with van der Waals surface area (Å²) < 4.78 is 30.1. The molecule has 0 saturated carbocycles. The maximum atomic E-state index is 10.5. The molecule has 6 nitrogen and oxygen atoms in total. The van der Waals surface area contributed by atoms with Gasteiger partial charge in [0.25, 0.3) is 0 Å². The fraction of sp³-hybridized carbons (Fsp3) is 0.273. The number of rotatable bonds is 14. The van der Waals surface area contributed by atoms with Gasteiger partial charge in [0, 0.05) is 32.3 Å². The Morgan fingerprint density at radius 3 is 1.13 bits per heavy atom. The lowest BCUT2D eigenvalue weighted by Gasteiger charge is -2.31. The molecule has 47 heavy (non-hydrogen) atoms. The van der Waals surface area contributed by atoms with Gasteiger partial charge in [-0.05, 0) is 104 Å². The van der Waals surface area contributed by atoms with Crippen LogP contribution in [0.4, 0.5) is 0 Å². The van der Waals surface area contributed by atoms with Gasteiger partial charge in [0.2, 0.25) is 0 Å². The summed E-state index contributed by atoms with van der Waals surface area (Å²) in [4.78, 5) is 0. The van der Waals surface area contributed by atoms with Gasteiger partial charge in [0.15, 0.2) is 0 Å². The Balaban J connectivity index is 1.38. The second-order valence-electron chi connectivity index (χ2n) is 10.8. The second-order valence-corrected chi connectivity index (χ2v) is 17.8. The van der Waals surface area contributed by atoms with Crippen LogP contribution in [-0.4, -0.2) is 48.8 Å². The Kier molecular flexibility index (Phi) is 15.1. The fourth-order valence-corrected chi connectivity index (χ4v) is 11.2. The molecule has 14 heteroatoms. The topological polar surface area (TPSA) is 77.4 Å². The van der Waals surface area contributed by atoms with Gasteiger partial charge in [0.05, 0.1) is 8.95 Å².